The SMILES string of the molecule is C#CCN1CCN2CCCC2C1. The molecular formula is C10H16N2. The summed E-state index contributed by atoms with van der Waals surface area (Å²) in [7, 11) is 0. The predicted octanol–water partition coefficient (Wildman–Crippen LogP) is 0.400. The van der Waals surface area contributed by atoms with Gasteiger partial charge in [-0.3, -0.25) is 9.80 Å². The maximum atomic E-state index is 5.29. The standard InChI is InChI=1S/C10H16N2/c1-2-5-11-7-8-12-6-3-4-10(12)9-11/h1,10H,3-9H2. The van der Waals surface area contributed by atoms with Gasteiger partial charge in [-0.1, -0.05) is 5.92 Å². The first-order chi connectivity index (χ1) is 5.90. The van der Waals surface area contributed by atoms with Crippen LogP contribution in [-0.2, 0) is 0 Å². The van der Waals surface area contributed by atoms with Gasteiger partial charge in [0, 0.05) is 25.7 Å². The largest absolute Gasteiger partial charge is 0.298 e. The summed E-state index contributed by atoms with van der Waals surface area (Å²) < 4.78 is 0. The molecule has 66 valence electrons. The molecule has 1 unspecified atom stereocenters. The van der Waals surface area contributed by atoms with Crippen LogP contribution in [0.2, 0.25) is 0 Å². The minimum absolute atomic E-state index is 0.812. The molecule has 1 atom stereocenters. The summed E-state index contributed by atoms with van der Waals surface area (Å²) in [6, 6.07) is 0.812. The molecule has 2 heteroatoms. The summed E-state index contributed by atoms with van der Waals surface area (Å²) in [5.41, 5.74) is 0. The van der Waals surface area contributed by atoms with Crippen LogP contribution in [0.25, 0.3) is 0 Å². The van der Waals surface area contributed by atoms with E-state index in [4.69, 9.17) is 6.42 Å². The Bertz CT molecular complexity index is 195. The number of rotatable bonds is 1. The van der Waals surface area contributed by atoms with E-state index < -0.39 is 0 Å². The van der Waals surface area contributed by atoms with E-state index in [2.05, 4.69) is 15.7 Å². The summed E-state index contributed by atoms with van der Waals surface area (Å²) >= 11 is 0. The average molecular weight is 164 g/mol. The van der Waals surface area contributed by atoms with E-state index in [1.807, 2.05) is 0 Å². The molecule has 0 aromatic carbocycles. The van der Waals surface area contributed by atoms with E-state index in [0.717, 1.165) is 12.6 Å². The third-order valence-electron chi connectivity index (χ3n) is 2.99. The molecule has 0 saturated carbocycles. The normalized spacial score (nSPS) is 31.4. The molecule has 0 aromatic heterocycles. The zero-order chi connectivity index (χ0) is 8.39. The lowest BCUT2D eigenvalue weighted by atomic mass is 10.1. The fourth-order valence-corrected chi connectivity index (χ4v) is 2.33. The fraction of sp³-hybridized carbons (Fsp3) is 0.800. The van der Waals surface area contributed by atoms with Gasteiger partial charge in [-0.15, -0.1) is 6.42 Å². The topological polar surface area (TPSA) is 6.48 Å². The first kappa shape index (κ1) is 8.10. The number of nitrogens with zero attached hydrogens (tertiary/aromatic N) is 2. The highest BCUT2D eigenvalue weighted by Gasteiger charge is 2.29. The van der Waals surface area contributed by atoms with Crippen molar-refractivity contribution in [2.75, 3.05) is 32.7 Å². The van der Waals surface area contributed by atoms with Crippen LogP contribution in [0.15, 0.2) is 0 Å². The molecule has 0 N–H and O–H groups in total. The maximum absolute atomic E-state index is 5.29. The Kier molecular flexibility index (Phi) is 2.34. The lowest BCUT2D eigenvalue weighted by Crippen LogP contribution is -2.49. The Morgan fingerprint density at radius 1 is 1.33 bits per heavy atom. The highest BCUT2D eigenvalue weighted by Crippen LogP contribution is 2.20. The van der Waals surface area contributed by atoms with Gasteiger partial charge in [-0.2, -0.15) is 0 Å². The van der Waals surface area contributed by atoms with Crippen molar-refractivity contribution in [1.82, 2.24) is 9.80 Å². The average Bonchev–Trinajstić information content (AvgIpc) is 2.51. The Labute approximate surface area is 74.5 Å². The molecular weight excluding hydrogens is 148 g/mol. The lowest BCUT2D eigenvalue weighted by Gasteiger charge is -2.36. The summed E-state index contributed by atoms with van der Waals surface area (Å²) in [4.78, 5) is 5.00. The molecule has 0 spiro atoms. The summed E-state index contributed by atoms with van der Waals surface area (Å²) in [5.74, 6) is 2.72. The summed E-state index contributed by atoms with van der Waals surface area (Å²) in [6.07, 6.45) is 8.05. The van der Waals surface area contributed by atoms with Gasteiger partial charge >= 0.3 is 0 Å². The molecule has 2 rings (SSSR count). The minimum Gasteiger partial charge on any atom is -0.298 e. The van der Waals surface area contributed by atoms with Crippen LogP contribution in [0, 0.1) is 12.3 Å². The van der Waals surface area contributed by atoms with Gasteiger partial charge in [0.2, 0.25) is 0 Å². The first-order valence-corrected chi connectivity index (χ1v) is 4.80. The molecule has 0 bridgehead atoms. The summed E-state index contributed by atoms with van der Waals surface area (Å²) in [6.45, 7) is 5.75. The van der Waals surface area contributed by atoms with Gasteiger partial charge < -0.3 is 0 Å². The van der Waals surface area contributed by atoms with Crippen molar-refractivity contribution >= 4 is 0 Å². The first-order valence-electron chi connectivity index (χ1n) is 4.80. The Hall–Kier alpha value is -0.520. The second kappa shape index (κ2) is 3.47. The second-order valence-corrected chi connectivity index (χ2v) is 3.77. The highest BCUT2D eigenvalue weighted by molar-refractivity contribution is 4.93. The van der Waals surface area contributed by atoms with Gasteiger partial charge in [0.05, 0.1) is 6.54 Å². The number of piperazine rings is 1. The van der Waals surface area contributed by atoms with Crippen LogP contribution in [0.4, 0.5) is 0 Å². The molecule has 2 fully saturated rings. The Balaban J connectivity index is 1.89. The minimum atomic E-state index is 0.812. The van der Waals surface area contributed by atoms with Crippen LogP contribution < -0.4 is 0 Å². The van der Waals surface area contributed by atoms with Crippen LogP contribution in [-0.4, -0.2) is 48.6 Å². The van der Waals surface area contributed by atoms with Gasteiger partial charge in [0.1, 0.15) is 0 Å². The van der Waals surface area contributed by atoms with E-state index in [0.29, 0.717) is 0 Å². The smallest absolute Gasteiger partial charge is 0.0599 e. The van der Waals surface area contributed by atoms with E-state index in [1.54, 1.807) is 0 Å². The van der Waals surface area contributed by atoms with Crippen LogP contribution >= 0.6 is 0 Å². The van der Waals surface area contributed by atoms with Crippen molar-refractivity contribution in [3.8, 4) is 12.3 Å². The van der Waals surface area contributed by atoms with Gasteiger partial charge in [-0.25, -0.2) is 0 Å². The number of hydrogen-bond donors (Lipinski definition) is 0. The number of fused-ring (bicyclic) bond motifs is 1. The van der Waals surface area contributed by atoms with Crippen LogP contribution in [0.3, 0.4) is 0 Å². The monoisotopic (exact) mass is 164 g/mol. The molecule has 0 radical (unpaired) electrons. The maximum Gasteiger partial charge on any atom is 0.0599 e. The van der Waals surface area contributed by atoms with E-state index >= 15 is 0 Å². The zero-order valence-corrected chi connectivity index (χ0v) is 7.50. The molecule has 2 aliphatic heterocycles. The van der Waals surface area contributed by atoms with E-state index in [1.165, 1.54) is 39.0 Å². The number of terminal acetylenes is 1. The zero-order valence-electron chi connectivity index (χ0n) is 7.50. The molecule has 12 heavy (non-hydrogen) atoms. The lowest BCUT2D eigenvalue weighted by molar-refractivity contribution is 0.115. The molecule has 0 amide bonds. The molecule has 0 aliphatic carbocycles. The Morgan fingerprint density at radius 2 is 2.25 bits per heavy atom. The molecule has 0 aromatic rings. The molecule has 2 saturated heterocycles. The Morgan fingerprint density at radius 3 is 3.08 bits per heavy atom. The van der Waals surface area contributed by atoms with Crippen molar-refractivity contribution in [1.29, 1.82) is 0 Å². The van der Waals surface area contributed by atoms with Crippen molar-refractivity contribution in [2.45, 2.75) is 18.9 Å². The van der Waals surface area contributed by atoms with Gasteiger partial charge in [0.25, 0.3) is 0 Å². The van der Waals surface area contributed by atoms with E-state index in [-0.39, 0.29) is 0 Å². The molecule has 2 aliphatic rings. The van der Waals surface area contributed by atoms with Crippen molar-refractivity contribution in [2.24, 2.45) is 0 Å². The molecule has 2 nitrogen and oxygen atoms in total. The van der Waals surface area contributed by atoms with Gasteiger partial charge in [0.15, 0.2) is 0 Å². The van der Waals surface area contributed by atoms with Gasteiger partial charge in [-0.05, 0) is 19.4 Å². The van der Waals surface area contributed by atoms with Crippen molar-refractivity contribution in [3.63, 3.8) is 0 Å². The van der Waals surface area contributed by atoms with Crippen LogP contribution in [0.1, 0.15) is 12.8 Å². The third kappa shape index (κ3) is 1.48. The quantitative estimate of drug-likeness (QED) is 0.518. The molecule has 2 heterocycles. The highest BCUT2D eigenvalue weighted by atomic mass is 15.3. The van der Waals surface area contributed by atoms with E-state index in [9.17, 15) is 0 Å². The van der Waals surface area contributed by atoms with Crippen molar-refractivity contribution < 1.29 is 0 Å². The van der Waals surface area contributed by atoms with Crippen molar-refractivity contribution in [3.05, 3.63) is 0 Å². The second-order valence-electron chi connectivity index (χ2n) is 3.77. The summed E-state index contributed by atoms with van der Waals surface area (Å²) in [5, 5.41) is 0. The predicted molar refractivity (Wildman–Crippen MR) is 49.9 cm³/mol. The van der Waals surface area contributed by atoms with Crippen LogP contribution in [0.5, 0.6) is 0 Å². The fourth-order valence-electron chi connectivity index (χ4n) is 2.33. The third-order valence-corrected chi connectivity index (χ3v) is 2.99. The number of hydrogen-bond acceptors (Lipinski definition) is 2.